The maximum Gasteiger partial charge on any atom is 0.246 e. The molecule has 148 valence electrons. The number of allylic oxidation sites excluding steroid dienone is 2. The zero-order valence-corrected chi connectivity index (χ0v) is 17.1. The largest absolute Gasteiger partial charge is 0.340 e. The molecule has 0 unspecified atom stereocenters. The van der Waals surface area contributed by atoms with Crippen LogP contribution >= 0.6 is 0 Å². The van der Waals surface area contributed by atoms with Crippen LogP contribution in [-0.2, 0) is 14.8 Å². The van der Waals surface area contributed by atoms with Crippen molar-refractivity contribution in [1.82, 2.24) is 9.21 Å². The summed E-state index contributed by atoms with van der Waals surface area (Å²) in [5.41, 5.74) is 1.13. The summed E-state index contributed by atoms with van der Waals surface area (Å²) >= 11 is 0. The van der Waals surface area contributed by atoms with Gasteiger partial charge >= 0.3 is 0 Å². The highest BCUT2D eigenvalue weighted by Gasteiger charge is 2.61. The van der Waals surface area contributed by atoms with Crippen molar-refractivity contribution in [3.8, 4) is 0 Å². The van der Waals surface area contributed by atoms with Gasteiger partial charge in [0.05, 0.1) is 5.92 Å². The second-order valence-electron chi connectivity index (χ2n) is 8.23. The maximum absolute atomic E-state index is 13.9. The van der Waals surface area contributed by atoms with E-state index in [2.05, 4.69) is 19.9 Å². The van der Waals surface area contributed by atoms with E-state index < -0.39 is 15.8 Å². The number of amides is 1. The summed E-state index contributed by atoms with van der Waals surface area (Å²) in [4.78, 5) is 14.4. The van der Waals surface area contributed by atoms with Crippen LogP contribution in [0, 0.1) is 23.1 Å². The van der Waals surface area contributed by atoms with Gasteiger partial charge in [-0.05, 0) is 37.3 Å². The van der Waals surface area contributed by atoms with Crippen LogP contribution in [0.1, 0.15) is 27.7 Å². The van der Waals surface area contributed by atoms with E-state index in [1.807, 2.05) is 13.8 Å². The third-order valence-electron chi connectivity index (χ3n) is 5.69. The first-order valence-corrected chi connectivity index (χ1v) is 10.7. The van der Waals surface area contributed by atoms with E-state index in [1.54, 1.807) is 4.90 Å². The summed E-state index contributed by atoms with van der Waals surface area (Å²) in [5.74, 6) is -0.483. The Bertz CT molecular complexity index is 867. The summed E-state index contributed by atoms with van der Waals surface area (Å²) in [6.07, 6.45) is 2.15. The van der Waals surface area contributed by atoms with Gasteiger partial charge in [0.15, 0.2) is 0 Å². The highest BCUT2D eigenvalue weighted by atomic mass is 32.2. The van der Waals surface area contributed by atoms with Crippen LogP contribution in [0.25, 0.3) is 0 Å². The van der Waals surface area contributed by atoms with Gasteiger partial charge in [0.1, 0.15) is 10.7 Å². The zero-order valence-electron chi connectivity index (χ0n) is 16.3. The standard InChI is InChI=1S/C20H27FN2O3S/c1-14(2)13-15-18(20(15,3)4)19(24)22-9-11-23(12-10-22)27(25,26)17-8-6-5-7-16(17)21/h5-8,13,15,18H,9-12H2,1-4H3/t15-,18+/m1/s1. The molecule has 1 aliphatic heterocycles. The van der Waals surface area contributed by atoms with Crippen LogP contribution in [0.5, 0.6) is 0 Å². The first-order valence-electron chi connectivity index (χ1n) is 9.25. The summed E-state index contributed by atoms with van der Waals surface area (Å²) in [7, 11) is -3.89. The van der Waals surface area contributed by atoms with Gasteiger partial charge in [-0.1, -0.05) is 37.6 Å². The highest BCUT2D eigenvalue weighted by Crippen LogP contribution is 2.60. The van der Waals surface area contributed by atoms with Crippen LogP contribution < -0.4 is 0 Å². The van der Waals surface area contributed by atoms with Gasteiger partial charge in [-0.25, -0.2) is 12.8 Å². The molecule has 1 heterocycles. The monoisotopic (exact) mass is 394 g/mol. The van der Waals surface area contributed by atoms with Crippen LogP contribution in [0.4, 0.5) is 4.39 Å². The van der Waals surface area contributed by atoms with Crippen molar-refractivity contribution in [1.29, 1.82) is 0 Å². The predicted molar refractivity (Wildman–Crippen MR) is 102 cm³/mol. The van der Waals surface area contributed by atoms with E-state index in [0.717, 1.165) is 6.07 Å². The average Bonchev–Trinajstić information content (AvgIpc) is 3.14. The number of sulfonamides is 1. The Hall–Kier alpha value is -1.73. The molecule has 2 fully saturated rings. The molecular weight excluding hydrogens is 367 g/mol. The average molecular weight is 395 g/mol. The maximum atomic E-state index is 13.9. The van der Waals surface area contributed by atoms with Gasteiger partial charge in [-0.3, -0.25) is 4.79 Å². The summed E-state index contributed by atoms with van der Waals surface area (Å²) in [6.45, 7) is 9.29. The van der Waals surface area contributed by atoms with Crippen molar-refractivity contribution in [2.75, 3.05) is 26.2 Å². The van der Waals surface area contributed by atoms with Crippen molar-refractivity contribution in [3.63, 3.8) is 0 Å². The molecule has 1 amide bonds. The Balaban J connectivity index is 1.67. The molecule has 1 aromatic carbocycles. The molecule has 0 N–H and O–H groups in total. The molecule has 5 nitrogen and oxygen atoms in total. The fraction of sp³-hybridized carbons (Fsp3) is 0.550. The lowest BCUT2D eigenvalue weighted by Gasteiger charge is -2.34. The molecule has 2 atom stereocenters. The van der Waals surface area contributed by atoms with Gasteiger partial charge in [0.2, 0.25) is 15.9 Å². The molecule has 0 radical (unpaired) electrons. The van der Waals surface area contributed by atoms with Gasteiger partial charge < -0.3 is 4.90 Å². The SMILES string of the molecule is CC(C)=C[C@@H]1[C@@H](C(=O)N2CCN(S(=O)(=O)c3ccccc3F)CC2)C1(C)C. The molecule has 3 rings (SSSR count). The number of hydrogen-bond acceptors (Lipinski definition) is 3. The Kier molecular flexibility index (Phi) is 5.20. The third kappa shape index (κ3) is 3.67. The lowest BCUT2D eigenvalue weighted by molar-refractivity contribution is -0.134. The van der Waals surface area contributed by atoms with E-state index in [0.29, 0.717) is 13.1 Å². The Morgan fingerprint density at radius 1 is 1.15 bits per heavy atom. The number of nitrogens with zero attached hydrogens (tertiary/aromatic N) is 2. The van der Waals surface area contributed by atoms with E-state index in [9.17, 15) is 17.6 Å². The lowest BCUT2D eigenvalue weighted by Crippen LogP contribution is -2.51. The Morgan fingerprint density at radius 2 is 1.74 bits per heavy atom. The van der Waals surface area contributed by atoms with E-state index in [-0.39, 0.29) is 41.1 Å². The second-order valence-corrected chi connectivity index (χ2v) is 10.1. The molecule has 1 aliphatic carbocycles. The second kappa shape index (κ2) is 7.02. The molecule has 2 aliphatic rings. The van der Waals surface area contributed by atoms with Crippen LogP contribution in [0.3, 0.4) is 0 Å². The fourth-order valence-electron chi connectivity index (χ4n) is 3.96. The first kappa shape index (κ1) is 20.0. The Morgan fingerprint density at radius 3 is 2.30 bits per heavy atom. The first-order chi connectivity index (χ1) is 12.6. The normalized spacial score (nSPS) is 25.1. The van der Waals surface area contributed by atoms with Crippen molar-refractivity contribution in [3.05, 3.63) is 41.7 Å². The Labute approximate surface area is 160 Å². The number of benzene rings is 1. The summed E-state index contributed by atoms with van der Waals surface area (Å²) in [6, 6.07) is 5.39. The smallest absolute Gasteiger partial charge is 0.246 e. The van der Waals surface area contributed by atoms with Gasteiger partial charge in [-0.15, -0.1) is 0 Å². The molecule has 0 bridgehead atoms. The lowest BCUT2D eigenvalue weighted by atomic mass is 10.1. The van der Waals surface area contributed by atoms with E-state index in [4.69, 9.17) is 0 Å². The van der Waals surface area contributed by atoms with Gasteiger partial charge in [0.25, 0.3) is 0 Å². The molecule has 0 spiro atoms. The number of carbonyl (C=O) groups excluding carboxylic acids is 1. The van der Waals surface area contributed by atoms with Crippen molar-refractivity contribution in [2.24, 2.45) is 17.3 Å². The molecule has 7 heteroatoms. The van der Waals surface area contributed by atoms with Crippen LogP contribution in [0.2, 0.25) is 0 Å². The number of halogens is 1. The number of rotatable bonds is 4. The highest BCUT2D eigenvalue weighted by molar-refractivity contribution is 7.89. The number of piperazine rings is 1. The molecule has 1 aromatic rings. The molecule has 27 heavy (non-hydrogen) atoms. The van der Waals surface area contributed by atoms with Crippen molar-refractivity contribution < 1.29 is 17.6 Å². The topological polar surface area (TPSA) is 57.7 Å². The molecule has 0 aromatic heterocycles. The zero-order chi connectivity index (χ0) is 20.0. The number of carbonyl (C=O) groups is 1. The molecular formula is C20H27FN2O3S. The molecule has 1 saturated carbocycles. The fourth-order valence-corrected chi connectivity index (χ4v) is 5.45. The van der Waals surface area contributed by atoms with Crippen LogP contribution in [-0.4, -0.2) is 49.7 Å². The minimum atomic E-state index is -3.89. The predicted octanol–water partition coefficient (Wildman–Crippen LogP) is 2.90. The van der Waals surface area contributed by atoms with E-state index >= 15 is 0 Å². The minimum Gasteiger partial charge on any atom is -0.340 e. The van der Waals surface area contributed by atoms with Crippen LogP contribution in [0.15, 0.2) is 40.8 Å². The van der Waals surface area contributed by atoms with Gasteiger partial charge in [-0.2, -0.15) is 4.31 Å². The minimum absolute atomic E-state index is 0.0536. The summed E-state index contributed by atoms with van der Waals surface area (Å²) < 4.78 is 40.5. The van der Waals surface area contributed by atoms with Gasteiger partial charge in [0, 0.05) is 26.2 Å². The van der Waals surface area contributed by atoms with Crippen molar-refractivity contribution in [2.45, 2.75) is 32.6 Å². The number of hydrogen-bond donors (Lipinski definition) is 0. The van der Waals surface area contributed by atoms with Crippen molar-refractivity contribution >= 4 is 15.9 Å². The molecule has 1 saturated heterocycles. The van der Waals surface area contributed by atoms with E-state index in [1.165, 1.54) is 28.1 Å². The third-order valence-corrected chi connectivity index (χ3v) is 7.63. The summed E-state index contributed by atoms with van der Waals surface area (Å²) in [5, 5.41) is 0. The quantitative estimate of drug-likeness (QED) is 0.738.